The number of carboxylic acid groups (broad SMARTS) is 1. The number of rotatable bonds is 4. The zero-order chi connectivity index (χ0) is 16.2. The van der Waals surface area contributed by atoms with E-state index < -0.39 is 11.9 Å². The number of hydrogen-bond donors (Lipinski definition) is 2. The first-order valence-corrected chi connectivity index (χ1v) is 9.07. The fourth-order valence-corrected chi connectivity index (χ4v) is 4.03. The van der Waals surface area contributed by atoms with Crippen LogP contribution in [0.3, 0.4) is 0 Å². The van der Waals surface area contributed by atoms with Gasteiger partial charge in [-0.1, -0.05) is 6.92 Å². The van der Waals surface area contributed by atoms with Crippen LogP contribution in [0.25, 0.3) is 0 Å². The maximum absolute atomic E-state index is 12.4. The smallest absolute Gasteiger partial charge is 0.317 e. The highest BCUT2D eigenvalue weighted by Crippen LogP contribution is 2.33. The first kappa shape index (κ1) is 17.4. The molecule has 2 fully saturated rings. The average Bonchev–Trinajstić information content (AvgIpc) is 2.53. The van der Waals surface area contributed by atoms with E-state index in [-0.39, 0.29) is 16.7 Å². The Morgan fingerprint density at radius 3 is 2.64 bits per heavy atom. The second-order valence-electron chi connectivity index (χ2n) is 6.44. The highest BCUT2D eigenvalue weighted by atomic mass is 32.2. The van der Waals surface area contributed by atoms with Gasteiger partial charge in [0.1, 0.15) is 0 Å². The number of hydrogen-bond acceptors (Lipinski definition) is 4. The lowest BCUT2D eigenvalue weighted by molar-refractivity contribution is -0.143. The molecule has 2 rings (SSSR count). The molecule has 0 saturated carbocycles. The summed E-state index contributed by atoms with van der Waals surface area (Å²) in [5.74, 6) is -1.04. The van der Waals surface area contributed by atoms with Crippen molar-refractivity contribution in [2.45, 2.75) is 30.9 Å². The molecular formula is C15H26N2O4S. The standard InChI is InChI=1S/C15H26N2O4S/c1-11-7-12(13(18)19)9-17(8-11)14(20)16-10-15(22-2)3-5-21-6-4-15/h11-12H,3-10H2,1-2H3,(H,16,20)(H,18,19). The van der Waals surface area contributed by atoms with Gasteiger partial charge < -0.3 is 20.1 Å². The average molecular weight is 330 g/mol. The summed E-state index contributed by atoms with van der Waals surface area (Å²) in [6.07, 6.45) is 4.58. The van der Waals surface area contributed by atoms with E-state index in [4.69, 9.17) is 4.74 Å². The van der Waals surface area contributed by atoms with Gasteiger partial charge in [-0.3, -0.25) is 4.79 Å². The molecule has 126 valence electrons. The number of piperidine rings is 1. The molecule has 2 amide bonds. The van der Waals surface area contributed by atoms with Crippen molar-refractivity contribution >= 4 is 23.8 Å². The number of amides is 2. The number of nitrogens with one attached hydrogen (secondary N) is 1. The van der Waals surface area contributed by atoms with Gasteiger partial charge in [0.15, 0.2) is 0 Å². The van der Waals surface area contributed by atoms with Crippen LogP contribution in [0.4, 0.5) is 4.79 Å². The van der Waals surface area contributed by atoms with E-state index in [1.165, 1.54) is 0 Å². The number of urea groups is 1. The lowest BCUT2D eigenvalue weighted by Crippen LogP contribution is -2.52. The molecule has 0 aromatic carbocycles. The van der Waals surface area contributed by atoms with Crippen molar-refractivity contribution in [3.8, 4) is 0 Å². The van der Waals surface area contributed by atoms with Gasteiger partial charge in [0.2, 0.25) is 0 Å². The third kappa shape index (κ3) is 4.29. The molecule has 2 atom stereocenters. The summed E-state index contributed by atoms with van der Waals surface area (Å²) in [6, 6.07) is -0.141. The molecule has 22 heavy (non-hydrogen) atoms. The number of ether oxygens (including phenoxy) is 1. The summed E-state index contributed by atoms with van der Waals surface area (Å²) in [5.41, 5.74) is 0. The number of likely N-dealkylation sites (tertiary alicyclic amines) is 1. The van der Waals surface area contributed by atoms with E-state index in [2.05, 4.69) is 11.6 Å². The summed E-state index contributed by atoms with van der Waals surface area (Å²) >= 11 is 1.78. The maximum Gasteiger partial charge on any atom is 0.317 e. The fraction of sp³-hybridized carbons (Fsp3) is 0.867. The Morgan fingerprint density at radius 1 is 1.36 bits per heavy atom. The van der Waals surface area contributed by atoms with Crippen LogP contribution in [-0.4, -0.2) is 65.9 Å². The molecule has 0 bridgehead atoms. The number of nitrogens with zero attached hydrogens (tertiary/aromatic N) is 1. The molecule has 0 aromatic heterocycles. The van der Waals surface area contributed by atoms with Gasteiger partial charge in [-0.25, -0.2) is 4.79 Å². The molecular weight excluding hydrogens is 304 g/mol. The van der Waals surface area contributed by atoms with Crippen molar-refractivity contribution < 1.29 is 19.4 Å². The van der Waals surface area contributed by atoms with E-state index in [1.807, 2.05) is 6.92 Å². The minimum atomic E-state index is -0.811. The van der Waals surface area contributed by atoms with Crippen LogP contribution in [0.15, 0.2) is 0 Å². The van der Waals surface area contributed by atoms with Crippen molar-refractivity contribution in [3.05, 3.63) is 0 Å². The lowest BCUT2D eigenvalue weighted by atomic mass is 9.91. The van der Waals surface area contributed by atoms with E-state index in [9.17, 15) is 14.7 Å². The molecule has 0 aliphatic carbocycles. The predicted molar refractivity (Wildman–Crippen MR) is 86.2 cm³/mol. The Bertz CT molecular complexity index is 412. The maximum atomic E-state index is 12.4. The van der Waals surface area contributed by atoms with Gasteiger partial charge in [-0.05, 0) is 31.4 Å². The fourth-order valence-electron chi connectivity index (χ4n) is 3.24. The zero-order valence-electron chi connectivity index (χ0n) is 13.3. The van der Waals surface area contributed by atoms with Gasteiger partial charge >= 0.3 is 12.0 Å². The molecule has 2 saturated heterocycles. The van der Waals surface area contributed by atoms with Crippen LogP contribution >= 0.6 is 11.8 Å². The molecule has 2 heterocycles. The Balaban J connectivity index is 1.89. The van der Waals surface area contributed by atoms with E-state index in [1.54, 1.807) is 16.7 Å². The zero-order valence-corrected chi connectivity index (χ0v) is 14.2. The van der Waals surface area contributed by atoms with Gasteiger partial charge in [-0.15, -0.1) is 0 Å². The summed E-state index contributed by atoms with van der Waals surface area (Å²) in [4.78, 5) is 25.2. The normalized spacial score (nSPS) is 28.2. The SMILES string of the molecule is CSC1(CNC(=O)N2CC(C)CC(C(=O)O)C2)CCOCC1. The van der Waals surface area contributed by atoms with Crippen LogP contribution in [-0.2, 0) is 9.53 Å². The molecule has 0 radical (unpaired) electrons. The summed E-state index contributed by atoms with van der Waals surface area (Å²) in [5, 5.41) is 12.2. The second-order valence-corrected chi connectivity index (χ2v) is 7.71. The van der Waals surface area contributed by atoms with Crippen molar-refractivity contribution in [3.63, 3.8) is 0 Å². The minimum absolute atomic E-state index is 0.0432. The highest BCUT2D eigenvalue weighted by molar-refractivity contribution is 8.00. The monoisotopic (exact) mass is 330 g/mol. The molecule has 2 N–H and O–H groups in total. The highest BCUT2D eigenvalue weighted by Gasteiger charge is 2.35. The van der Waals surface area contributed by atoms with Crippen LogP contribution in [0.1, 0.15) is 26.2 Å². The third-order valence-electron chi connectivity index (χ3n) is 4.69. The number of carbonyl (C=O) groups excluding carboxylic acids is 1. The number of thioether (sulfide) groups is 1. The number of carbonyl (C=O) groups is 2. The third-order valence-corrected chi connectivity index (χ3v) is 6.11. The summed E-state index contributed by atoms with van der Waals surface area (Å²) < 4.78 is 5.45. The van der Waals surface area contributed by atoms with Crippen LogP contribution < -0.4 is 5.32 Å². The summed E-state index contributed by atoms with van der Waals surface area (Å²) in [6.45, 7) is 5.01. The van der Waals surface area contributed by atoms with Crippen molar-refractivity contribution in [1.82, 2.24) is 10.2 Å². The lowest BCUT2D eigenvalue weighted by Gasteiger charge is -2.38. The van der Waals surface area contributed by atoms with E-state index in [0.717, 1.165) is 26.1 Å². The molecule has 7 heteroatoms. The Kier molecular flexibility index (Phi) is 5.97. The molecule has 2 unspecified atom stereocenters. The van der Waals surface area contributed by atoms with Crippen LogP contribution in [0, 0.1) is 11.8 Å². The molecule has 2 aliphatic heterocycles. The summed E-state index contributed by atoms with van der Waals surface area (Å²) in [7, 11) is 0. The van der Waals surface area contributed by atoms with Gasteiger partial charge in [-0.2, -0.15) is 11.8 Å². The van der Waals surface area contributed by atoms with Crippen LogP contribution in [0.2, 0.25) is 0 Å². The topological polar surface area (TPSA) is 78.9 Å². The molecule has 0 aromatic rings. The second kappa shape index (κ2) is 7.55. The van der Waals surface area contributed by atoms with E-state index >= 15 is 0 Å². The largest absolute Gasteiger partial charge is 0.481 e. The van der Waals surface area contributed by atoms with E-state index in [0.29, 0.717) is 26.1 Å². The quantitative estimate of drug-likeness (QED) is 0.819. The van der Waals surface area contributed by atoms with Gasteiger partial charge in [0.05, 0.1) is 5.92 Å². The van der Waals surface area contributed by atoms with Crippen molar-refractivity contribution in [2.24, 2.45) is 11.8 Å². The molecule has 0 spiro atoms. The molecule has 6 nitrogen and oxygen atoms in total. The van der Waals surface area contributed by atoms with Crippen molar-refractivity contribution in [1.29, 1.82) is 0 Å². The molecule has 2 aliphatic rings. The first-order chi connectivity index (χ1) is 10.5. The minimum Gasteiger partial charge on any atom is -0.481 e. The van der Waals surface area contributed by atoms with Crippen molar-refractivity contribution in [2.75, 3.05) is 39.1 Å². The Labute approximate surface area is 136 Å². The predicted octanol–water partition coefficient (Wildman–Crippen LogP) is 1.65. The number of carboxylic acids is 1. The number of aliphatic carboxylic acids is 1. The van der Waals surface area contributed by atoms with Gasteiger partial charge in [0.25, 0.3) is 0 Å². The van der Waals surface area contributed by atoms with Crippen LogP contribution in [0.5, 0.6) is 0 Å². The Hall–Kier alpha value is -0.950. The first-order valence-electron chi connectivity index (χ1n) is 7.84. The van der Waals surface area contributed by atoms with Gasteiger partial charge in [0, 0.05) is 37.6 Å². The Morgan fingerprint density at radius 2 is 2.05 bits per heavy atom.